The number of nitrogens with zero attached hydrogens (tertiary/aromatic N) is 5. The summed E-state index contributed by atoms with van der Waals surface area (Å²) < 4.78 is 1.51. The lowest BCUT2D eigenvalue weighted by Crippen LogP contribution is -2.12. The maximum atomic E-state index is 12.3. The molecule has 122 valence electrons. The third-order valence-electron chi connectivity index (χ3n) is 3.21. The molecule has 0 fully saturated rings. The van der Waals surface area contributed by atoms with E-state index in [0.717, 1.165) is 11.4 Å². The van der Waals surface area contributed by atoms with Gasteiger partial charge in [-0.1, -0.05) is 18.3 Å². The molecular formula is C14H12N6O3S. The molecule has 0 saturated heterocycles. The van der Waals surface area contributed by atoms with Gasteiger partial charge < -0.3 is 4.57 Å². The van der Waals surface area contributed by atoms with Crippen LogP contribution in [0.25, 0.3) is 5.69 Å². The minimum absolute atomic E-state index is 0.166. The zero-order valence-corrected chi connectivity index (χ0v) is 13.4. The van der Waals surface area contributed by atoms with Crippen LogP contribution in [0.1, 0.15) is 22.3 Å². The summed E-state index contributed by atoms with van der Waals surface area (Å²) in [6.07, 6.45) is 5.29. The third-order valence-corrected chi connectivity index (χ3v) is 4.19. The number of hydrogen-bond donors (Lipinski definition) is 1. The van der Waals surface area contributed by atoms with Gasteiger partial charge in [-0.15, -0.1) is 10.2 Å². The predicted molar refractivity (Wildman–Crippen MR) is 87.5 cm³/mol. The molecule has 1 N–H and O–H groups in total. The molecule has 24 heavy (non-hydrogen) atoms. The lowest BCUT2D eigenvalue weighted by atomic mass is 10.1. The van der Waals surface area contributed by atoms with E-state index in [4.69, 9.17) is 0 Å². The van der Waals surface area contributed by atoms with E-state index in [1.54, 1.807) is 6.20 Å². The average molecular weight is 344 g/mol. The van der Waals surface area contributed by atoms with E-state index in [9.17, 15) is 14.9 Å². The predicted octanol–water partition coefficient (Wildman–Crippen LogP) is 2.45. The number of nitro groups is 1. The summed E-state index contributed by atoms with van der Waals surface area (Å²) in [5.74, 6) is -0.478. The number of carbonyl (C=O) groups is 1. The topological polar surface area (TPSA) is 116 Å². The lowest BCUT2D eigenvalue weighted by molar-refractivity contribution is -0.384. The normalized spacial score (nSPS) is 10.5. The highest BCUT2D eigenvalue weighted by Crippen LogP contribution is 2.25. The number of anilines is 1. The minimum atomic E-state index is -0.535. The van der Waals surface area contributed by atoms with Crippen molar-refractivity contribution < 1.29 is 9.72 Å². The quantitative estimate of drug-likeness (QED) is 0.561. The molecule has 3 rings (SSSR count). The van der Waals surface area contributed by atoms with Gasteiger partial charge in [-0.05, 0) is 18.6 Å². The first kappa shape index (κ1) is 15.7. The SMILES string of the molecule is CCc1nnc(NC(=O)c2ccc(-n3ccnc3)c([N+](=O)[O-])c2)s1. The van der Waals surface area contributed by atoms with E-state index in [0.29, 0.717) is 10.8 Å². The summed E-state index contributed by atoms with van der Waals surface area (Å²) in [5, 5.41) is 22.8. The van der Waals surface area contributed by atoms with Crippen LogP contribution in [-0.4, -0.2) is 30.6 Å². The molecule has 0 aliphatic heterocycles. The van der Waals surface area contributed by atoms with E-state index in [1.165, 1.54) is 46.6 Å². The number of aromatic nitrogens is 4. The van der Waals surface area contributed by atoms with Crippen molar-refractivity contribution in [3.8, 4) is 5.69 Å². The Morgan fingerprint density at radius 1 is 1.42 bits per heavy atom. The Morgan fingerprint density at radius 3 is 2.88 bits per heavy atom. The van der Waals surface area contributed by atoms with Gasteiger partial charge in [0.2, 0.25) is 5.13 Å². The van der Waals surface area contributed by atoms with Crippen molar-refractivity contribution in [1.82, 2.24) is 19.7 Å². The first-order valence-corrected chi connectivity index (χ1v) is 7.80. The Kier molecular flexibility index (Phi) is 4.29. The molecule has 3 aromatic rings. The highest BCUT2D eigenvalue weighted by Gasteiger charge is 2.19. The Balaban J connectivity index is 1.89. The zero-order chi connectivity index (χ0) is 17.1. The second kappa shape index (κ2) is 6.54. The molecule has 0 saturated carbocycles. The summed E-state index contributed by atoms with van der Waals surface area (Å²) >= 11 is 1.27. The first-order chi connectivity index (χ1) is 11.6. The van der Waals surface area contributed by atoms with E-state index in [-0.39, 0.29) is 11.3 Å². The van der Waals surface area contributed by atoms with Crippen LogP contribution in [0.4, 0.5) is 10.8 Å². The third kappa shape index (κ3) is 3.13. The minimum Gasteiger partial charge on any atom is -0.300 e. The van der Waals surface area contributed by atoms with Crippen LogP contribution in [0.15, 0.2) is 36.9 Å². The van der Waals surface area contributed by atoms with Crippen LogP contribution < -0.4 is 5.32 Å². The molecule has 1 aromatic carbocycles. The van der Waals surface area contributed by atoms with Crippen molar-refractivity contribution in [2.45, 2.75) is 13.3 Å². The summed E-state index contributed by atoms with van der Waals surface area (Å²) in [5.41, 5.74) is 0.309. The van der Waals surface area contributed by atoms with Crippen molar-refractivity contribution >= 4 is 28.1 Å². The van der Waals surface area contributed by atoms with Gasteiger partial charge in [-0.2, -0.15) is 0 Å². The molecule has 0 aliphatic rings. The molecule has 0 aliphatic carbocycles. The highest BCUT2D eigenvalue weighted by molar-refractivity contribution is 7.15. The fourth-order valence-corrected chi connectivity index (χ4v) is 2.72. The Hall–Kier alpha value is -3.14. The van der Waals surface area contributed by atoms with Gasteiger partial charge in [-0.25, -0.2) is 4.98 Å². The molecule has 2 aromatic heterocycles. The standard InChI is InChI=1S/C14H12N6O3S/c1-2-12-17-18-14(24-12)16-13(21)9-3-4-10(11(7-9)20(22)23)19-6-5-15-8-19/h3-8H,2H2,1H3,(H,16,18,21). The lowest BCUT2D eigenvalue weighted by Gasteiger charge is -2.06. The summed E-state index contributed by atoms with van der Waals surface area (Å²) in [4.78, 5) is 26.9. The van der Waals surface area contributed by atoms with E-state index in [2.05, 4.69) is 20.5 Å². The highest BCUT2D eigenvalue weighted by atomic mass is 32.1. The van der Waals surface area contributed by atoms with Gasteiger partial charge in [0.15, 0.2) is 0 Å². The Morgan fingerprint density at radius 2 is 2.25 bits per heavy atom. The molecule has 0 spiro atoms. The van der Waals surface area contributed by atoms with Gasteiger partial charge in [0.25, 0.3) is 11.6 Å². The second-order valence-electron chi connectivity index (χ2n) is 4.74. The molecule has 0 bridgehead atoms. The maximum Gasteiger partial charge on any atom is 0.294 e. The number of imidazole rings is 1. The van der Waals surface area contributed by atoms with Gasteiger partial charge in [0, 0.05) is 24.0 Å². The number of rotatable bonds is 5. The van der Waals surface area contributed by atoms with Gasteiger partial charge >= 0.3 is 0 Å². The van der Waals surface area contributed by atoms with Crippen molar-refractivity contribution in [3.05, 3.63) is 57.6 Å². The zero-order valence-electron chi connectivity index (χ0n) is 12.5. The second-order valence-corrected chi connectivity index (χ2v) is 5.80. The van der Waals surface area contributed by atoms with Gasteiger partial charge in [-0.3, -0.25) is 20.2 Å². The molecule has 0 unspecified atom stereocenters. The van der Waals surface area contributed by atoms with E-state index >= 15 is 0 Å². The van der Waals surface area contributed by atoms with Crippen LogP contribution in [-0.2, 0) is 6.42 Å². The smallest absolute Gasteiger partial charge is 0.294 e. The molecular weight excluding hydrogens is 332 g/mol. The number of aryl methyl sites for hydroxylation is 1. The van der Waals surface area contributed by atoms with Crippen LogP contribution in [0, 0.1) is 10.1 Å². The fraction of sp³-hybridized carbons (Fsp3) is 0.143. The largest absolute Gasteiger partial charge is 0.300 e. The molecule has 10 heteroatoms. The summed E-state index contributed by atoms with van der Waals surface area (Å²) in [6.45, 7) is 1.93. The fourth-order valence-electron chi connectivity index (χ4n) is 2.05. The Bertz CT molecular complexity index is 890. The van der Waals surface area contributed by atoms with Crippen LogP contribution in [0.3, 0.4) is 0 Å². The Labute approximate surface area is 140 Å². The molecule has 9 nitrogen and oxygen atoms in total. The summed E-state index contributed by atoms with van der Waals surface area (Å²) in [7, 11) is 0. The number of amides is 1. The van der Waals surface area contributed by atoms with Crippen LogP contribution in [0.2, 0.25) is 0 Å². The number of carbonyl (C=O) groups excluding carboxylic acids is 1. The van der Waals surface area contributed by atoms with Crippen LogP contribution >= 0.6 is 11.3 Å². The molecule has 2 heterocycles. The van der Waals surface area contributed by atoms with Gasteiger partial charge in [0.1, 0.15) is 10.7 Å². The number of benzene rings is 1. The number of hydrogen-bond acceptors (Lipinski definition) is 7. The van der Waals surface area contributed by atoms with Gasteiger partial charge in [0.05, 0.1) is 11.3 Å². The molecule has 0 radical (unpaired) electrons. The van der Waals surface area contributed by atoms with Crippen molar-refractivity contribution in [3.63, 3.8) is 0 Å². The summed E-state index contributed by atoms with van der Waals surface area (Å²) in [6, 6.07) is 4.25. The number of nitro benzene ring substituents is 1. The number of nitrogens with one attached hydrogen (secondary N) is 1. The maximum absolute atomic E-state index is 12.3. The van der Waals surface area contributed by atoms with Crippen LogP contribution in [0.5, 0.6) is 0 Å². The van der Waals surface area contributed by atoms with Crippen molar-refractivity contribution in [1.29, 1.82) is 0 Å². The van der Waals surface area contributed by atoms with E-state index in [1.807, 2.05) is 6.92 Å². The van der Waals surface area contributed by atoms with Crippen molar-refractivity contribution in [2.75, 3.05) is 5.32 Å². The average Bonchev–Trinajstić information content (AvgIpc) is 3.25. The first-order valence-electron chi connectivity index (χ1n) is 6.99. The monoisotopic (exact) mass is 344 g/mol. The molecule has 1 amide bonds. The van der Waals surface area contributed by atoms with Crippen molar-refractivity contribution in [2.24, 2.45) is 0 Å². The van der Waals surface area contributed by atoms with E-state index < -0.39 is 10.8 Å². The molecule has 0 atom stereocenters.